The lowest BCUT2D eigenvalue weighted by atomic mass is 10.1. The lowest BCUT2D eigenvalue weighted by Crippen LogP contribution is -2.58. The van der Waals surface area contributed by atoms with Crippen molar-refractivity contribution < 1.29 is 29.1 Å². The molecule has 2 aromatic rings. The molecule has 10 N–H and O–H groups in total. The minimum Gasteiger partial charge on any atom is -0.480 e. The summed E-state index contributed by atoms with van der Waals surface area (Å²) in [6.07, 6.45) is 4.94. The third-order valence-electron chi connectivity index (χ3n) is 4.66. The maximum atomic E-state index is 13.1. The Bertz CT molecular complexity index is 990. The number of hydrogen-bond acceptors (Lipinski definition) is 8. The highest BCUT2D eigenvalue weighted by Gasteiger charge is 2.31. The first-order valence-corrected chi connectivity index (χ1v) is 10.2. The van der Waals surface area contributed by atoms with Gasteiger partial charge in [0, 0.05) is 36.6 Å². The highest BCUT2D eigenvalue weighted by Crippen LogP contribution is 2.05. The van der Waals surface area contributed by atoms with Gasteiger partial charge in [0.25, 0.3) is 0 Å². The Balaban J connectivity index is 2.22. The third-order valence-corrected chi connectivity index (χ3v) is 4.66. The summed E-state index contributed by atoms with van der Waals surface area (Å²) < 4.78 is 0. The molecule has 0 bridgehead atoms. The predicted molar refractivity (Wildman–Crippen MR) is 115 cm³/mol. The molecule has 4 unspecified atom stereocenters. The number of imidazole rings is 2. The number of aromatic amines is 2. The molecule has 0 aromatic carbocycles. The quantitative estimate of drug-likeness (QED) is 0.143. The number of hydrogen-bond donors (Lipinski definition) is 8. The summed E-state index contributed by atoms with van der Waals surface area (Å²) in [5, 5.41) is 16.5. The molecule has 0 saturated carbocycles. The smallest absolute Gasteiger partial charge is 0.326 e. The van der Waals surface area contributed by atoms with Crippen LogP contribution in [0.1, 0.15) is 24.7 Å². The molecule has 184 valence electrons. The number of primary amides is 1. The fraction of sp³-hybridized carbons (Fsp3) is 0.421. The second-order valence-electron chi connectivity index (χ2n) is 7.54. The number of carboxylic acids is 1. The zero-order valence-electron chi connectivity index (χ0n) is 18.3. The second kappa shape index (κ2) is 12.1. The lowest BCUT2D eigenvalue weighted by molar-refractivity contribution is -0.143. The molecule has 4 atom stereocenters. The summed E-state index contributed by atoms with van der Waals surface area (Å²) in [7, 11) is 0. The highest BCUT2D eigenvalue weighted by atomic mass is 16.4. The first-order chi connectivity index (χ1) is 16.1. The summed E-state index contributed by atoms with van der Waals surface area (Å²) in [6, 6.07) is -4.90. The number of carbonyl (C=O) groups excluding carboxylic acids is 4. The molecule has 4 amide bonds. The van der Waals surface area contributed by atoms with E-state index in [1.165, 1.54) is 32.0 Å². The molecule has 2 aromatic heterocycles. The van der Waals surface area contributed by atoms with Gasteiger partial charge >= 0.3 is 5.97 Å². The van der Waals surface area contributed by atoms with Gasteiger partial charge in [0.1, 0.15) is 18.1 Å². The molecule has 0 fully saturated rings. The normalized spacial score (nSPS) is 14.3. The molecule has 2 rings (SSSR count). The van der Waals surface area contributed by atoms with Crippen LogP contribution in [0.15, 0.2) is 25.0 Å². The van der Waals surface area contributed by atoms with Crippen LogP contribution in [0, 0.1) is 0 Å². The Kier molecular flexibility index (Phi) is 9.25. The van der Waals surface area contributed by atoms with Crippen molar-refractivity contribution in [1.29, 1.82) is 0 Å². The molecular weight excluding hydrogens is 450 g/mol. The van der Waals surface area contributed by atoms with Gasteiger partial charge in [0.15, 0.2) is 0 Å². The van der Waals surface area contributed by atoms with Crippen LogP contribution in [-0.4, -0.2) is 78.8 Å². The van der Waals surface area contributed by atoms with E-state index >= 15 is 0 Å². The minimum absolute atomic E-state index is 0.0160. The number of nitrogens with two attached hydrogens (primary N) is 2. The van der Waals surface area contributed by atoms with Gasteiger partial charge in [-0.1, -0.05) is 0 Å². The zero-order valence-corrected chi connectivity index (χ0v) is 18.3. The summed E-state index contributed by atoms with van der Waals surface area (Å²) in [6.45, 7) is 1.44. The third kappa shape index (κ3) is 8.01. The Labute approximate surface area is 193 Å². The maximum Gasteiger partial charge on any atom is 0.326 e. The minimum atomic E-state index is -1.59. The molecule has 0 aliphatic heterocycles. The summed E-state index contributed by atoms with van der Waals surface area (Å²) in [5.41, 5.74) is 11.6. The van der Waals surface area contributed by atoms with E-state index in [0.29, 0.717) is 11.4 Å². The summed E-state index contributed by atoms with van der Waals surface area (Å²) in [4.78, 5) is 74.0. The van der Waals surface area contributed by atoms with Gasteiger partial charge in [-0.25, -0.2) is 14.8 Å². The van der Waals surface area contributed by atoms with Crippen molar-refractivity contribution in [2.75, 3.05) is 0 Å². The SMILES string of the molecule is CC(N)C(=O)NC(Cc1cnc[nH]1)C(=O)NC(Cc1cnc[nH]1)C(=O)NC(CC(N)=O)C(=O)O. The van der Waals surface area contributed by atoms with E-state index in [4.69, 9.17) is 11.5 Å². The van der Waals surface area contributed by atoms with Crippen molar-refractivity contribution in [3.8, 4) is 0 Å². The number of carbonyl (C=O) groups is 5. The molecule has 2 heterocycles. The predicted octanol–water partition coefficient (Wildman–Crippen LogP) is -3.32. The Morgan fingerprint density at radius 2 is 1.32 bits per heavy atom. The largest absolute Gasteiger partial charge is 0.480 e. The summed E-state index contributed by atoms with van der Waals surface area (Å²) in [5.74, 6) is -4.61. The second-order valence-corrected chi connectivity index (χ2v) is 7.54. The number of nitrogens with one attached hydrogen (secondary N) is 5. The average Bonchev–Trinajstić information content (AvgIpc) is 3.45. The highest BCUT2D eigenvalue weighted by molar-refractivity contribution is 5.95. The standard InChI is InChI=1S/C19H27N9O6/c1-9(20)16(30)26-12(2-10-5-22-7-24-10)17(31)27-13(3-11-6-23-8-25-11)18(32)28-14(19(33)34)4-15(21)29/h5-9,12-14H,2-4,20H2,1H3,(H2,21,29)(H,22,24)(H,23,25)(H,26,30)(H,27,31)(H,28,32)(H,33,34). The van der Waals surface area contributed by atoms with Crippen LogP contribution in [0.3, 0.4) is 0 Å². The molecule has 15 nitrogen and oxygen atoms in total. The summed E-state index contributed by atoms with van der Waals surface area (Å²) >= 11 is 0. The van der Waals surface area contributed by atoms with Crippen LogP contribution in [0.5, 0.6) is 0 Å². The molecule has 34 heavy (non-hydrogen) atoms. The van der Waals surface area contributed by atoms with Gasteiger partial charge in [-0.2, -0.15) is 0 Å². The van der Waals surface area contributed by atoms with Gasteiger partial charge in [-0.3, -0.25) is 19.2 Å². The Hall–Kier alpha value is -4.27. The number of aromatic nitrogens is 4. The number of amides is 4. The van der Waals surface area contributed by atoms with Crippen LogP contribution >= 0.6 is 0 Å². The van der Waals surface area contributed by atoms with Crippen molar-refractivity contribution in [3.05, 3.63) is 36.4 Å². The first-order valence-electron chi connectivity index (χ1n) is 10.2. The van der Waals surface area contributed by atoms with Crippen molar-refractivity contribution in [2.24, 2.45) is 11.5 Å². The van der Waals surface area contributed by atoms with E-state index in [0.717, 1.165) is 0 Å². The van der Waals surface area contributed by atoms with Crippen LogP contribution in [0.4, 0.5) is 0 Å². The van der Waals surface area contributed by atoms with Gasteiger partial charge < -0.3 is 42.5 Å². The van der Waals surface area contributed by atoms with E-state index in [1.54, 1.807) is 0 Å². The van der Waals surface area contributed by atoms with Crippen molar-refractivity contribution in [1.82, 2.24) is 35.9 Å². The van der Waals surface area contributed by atoms with E-state index < -0.39 is 60.2 Å². The van der Waals surface area contributed by atoms with Crippen LogP contribution in [-0.2, 0) is 36.8 Å². The monoisotopic (exact) mass is 477 g/mol. The number of H-pyrrole nitrogens is 2. The fourth-order valence-corrected chi connectivity index (χ4v) is 2.90. The van der Waals surface area contributed by atoms with Gasteiger partial charge in [0.2, 0.25) is 23.6 Å². The van der Waals surface area contributed by atoms with Crippen LogP contribution in [0.2, 0.25) is 0 Å². The molecule has 15 heteroatoms. The molecule has 0 aliphatic rings. The van der Waals surface area contributed by atoms with Crippen molar-refractivity contribution >= 4 is 29.6 Å². The number of aliphatic carboxylic acids is 1. The van der Waals surface area contributed by atoms with Crippen LogP contribution in [0.25, 0.3) is 0 Å². The molecule has 0 spiro atoms. The molecular formula is C19H27N9O6. The molecule has 0 saturated heterocycles. The van der Waals surface area contributed by atoms with Gasteiger partial charge in [0.05, 0.1) is 25.1 Å². The maximum absolute atomic E-state index is 13.1. The topological polar surface area (TPSA) is 251 Å². The number of rotatable bonds is 13. The Morgan fingerprint density at radius 1 is 0.882 bits per heavy atom. The lowest BCUT2D eigenvalue weighted by Gasteiger charge is -2.24. The van der Waals surface area contributed by atoms with E-state index in [-0.39, 0.29) is 12.8 Å². The van der Waals surface area contributed by atoms with Gasteiger partial charge in [-0.15, -0.1) is 0 Å². The van der Waals surface area contributed by atoms with E-state index in [1.807, 2.05) is 0 Å². The van der Waals surface area contributed by atoms with Gasteiger partial charge in [-0.05, 0) is 6.92 Å². The average molecular weight is 477 g/mol. The zero-order chi connectivity index (χ0) is 25.3. The molecule has 0 aliphatic carbocycles. The Morgan fingerprint density at radius 3 is 1.68 bits per heavy atom. The fourth-order valence-electron chi connectivity index (χ4n) is 2.90. The van der Waals surface area contributed by atoms with E-state index in [9.17, 15) is 29.1 Å². The first kappa shape index (κ1) is 26.0. The van der Waals surface area contributed by atoms with E-state index in [2.05, 4.69) is 35.9 Å². The van der Waals surface area contributed by atoms with Crippen molar-refractivity contribution in [3.63, 3.8) is 0 Å². The number of nitrogens with zero attached hydrogens (tertiary/aromatic N) is 2. The molecule has 0 radical (unpaired) electrons. The number of carboxylic acid groups (broad SMARTS) is 1. The van der Waals surface area contributed by atoms with Crippen LogP contribution < -0.4 is 27.4 Å². The van der Waals surface area contributed by atoms with Crippen molar-refractivity contribution in [2.45, 2.75) is 50.4 Å².